The van der Waals surface area contributed by atoms with Crippen LogP contribution in [0.2, 0.25) is 0 Å². The summed E-state index contributed by atoms with van der Waals surface area (Å²) in [6.07, 6.45) is 5.26. The lowest BCUT2D eigenvalue weighted by atomic mass is 9.90. The van der Waals surface area contributed by atoms with Crippen LogP contribution in [-0.4, -0.2) is 25.3 Å². The fraction of sp³-hybridized carbons (Fsp3) is 0.417. The normalized spacial score (nSPS) is 11.9. The van der Waals surface area contributed by atoms with E-state index in [0.717, 1.165) is 0 Å². The van der Waals surface area contributed by atoms with Crippen LogP contribution in [0.3, 0.4) is 0 Å². The van der Waals surface area contributed by atoms with Crippen LogP contribution in [0.5, 0.6) is 0 Å². The Balaban J connectivity index is 2.25. The van der Waals surface area contributed by atoms with Crippen molar-refractivity contribution in [1.29, 1.82) is 0 Å². The number of carboxylic acid groups (broad SMARTS) is 1. The molecule has 2 heterocycles. The SMILES string of the molecule is CC(C)(CCn1ccn2nccc2c1=O)C(=O)O. The van der Waals surface area contributed by atoms with Crippen molar-refractivity contribution in [2.45, 2.75) is 26.8 Å². The van der Waals surface area contributed by atoms with Crippen molar-refractivity contribution in [2.24, 2.45) is 5.41 Å². The van der Waals surface area contributed by atoms with Crippen LogP contribution in [0.15, 0.2) is 29.5 Å². The molecule has 0 saturated carbocycles. The van der Waals surface area contributed by atoms with Crippen LogP contribution in [0.1, 0.15) is 20.3 Å². The van der Waals surface area contributed by atoms with Gasteiger partial charge in [0.15, 0.2) is 0 Å². The van der Waals surface area contributed by atoms with Crippen molar-refractivity contribution < 1.29 is 9.90 Å². The summed E-state index contributed by atoms with van der Waals surface area (Å²) in [5.41, 5.74) is -0.506. The summed E-state index contributed by atoms with van der Waals surface area (Å²) in [5, 5.41) is 13.0. The first-order chi connectivity index (χ1) is 8.42. The van der Waals surface area contributed by atoms with E-state index in [1.807, 2.05) is 0 Å². The largest absolute Gasteiger partial charge is 0.481 e. The minimum Gasteiger partial charge on any atom is -0.481 e. The molecule has 96 valence electrons. The van der Waals surface area contributed by atoms with Gasteiger partial charge in [-0.15, -0.1) is 0 Å². The molecule has 0 fully saturated rings. The van der Waals surface area contributed by atoms with Crippen LogP contribution in [-0.2, 0) is 11.3 Å². The second kappa shape index (κ2) is 4.29. The van der Waals surface area contributed by atoms with Gasteiger partial charge < -0.3 is 9.67 Å². The summed E-state index contributed by atoms with van der Waals surface area (Å²) in [6, 6.07) is 1.64. The molecule has 0 saturated heterocycles. The molecule has 0 radical (unpaired) electrons. The van der Waals surface area contributed by atoms with Gasteiger partial charge in [-0.25, -0.2) is 4.52 Å². The first kappa shape index (κ1) is 12.3. The monoisotopic (exact) mass is 249 g/mol. The molecule has 0 aliphatic carbocycles. The van der Waals surface area contributed by atoms with Gasteiger partial charge in [-0.05, 0) is 26.3 Å². The van der Waals surface area contributed by atoms with Crippen LogP contribution >= 0.6 is 0 Å². The standard InChI is InChI=1S/C12H15N3O3/c1-12(2,11(17)18)4-6-14-7-8-15-9(10(14)16)3-5-13-15/h3,5,7-8H,4,6H2,1-2H3,(H,17,18). The molecule has 0 amide bonds. The lowest BCUT2D eigenvalue weighted by molar-refractivity contribution is -0.147. The smallest absolute Gasteiger partial charge is 0.309 e. The van der Waals surface area contributed by atoms with E-state index < -0.39 is 11.4 Å². The average Bonchev–Trinajstić information content (AvgIpc) is 2.77. The lowest BCUT2D eigenvalue weighted by Crippen LogP contribution is -2.28. The van der Waals surface area contributed by atoms with E-state index in [1.165, 1.54) is 9.08 Å². The van der Waals surface area contributed by atoms with Crippen molar-refractivity contribution >= 4 is 11.5 Å². The zero-order chi connectivity index (χ0) is 13.3. The third-order valence-corrected chi connectivity index (χ3v) is 3.09. The van der Waals surface area contributed by atoms with E-state index >= 15 is 0 Å². The molecule has 0 spiro atoms. The van der Waals surface area contributed by atoms with Gasteiger partial charge in [0, 0.05) is 18.9 Å². The highest BCUT2D eigenvalue weighted by Crippen LogP contribution is 2.20. The number of hydrogen-bond acceptors (Lipinski definition) is 3. The van der Waals surface area contributed by atoms with Crippen molar-refractivity contribution in [3.05, 3.63) is 35.0 Å². The molecule has 0 unspecified atom stereocenters. The third kappa shape index (κ3) is 2.13. The maximum absolute atomic E-state index is 12.0. The number of hydrogen-bond donors (Lipinski definition) is 1. The second-order valence-corrected chi connectivity index (χ2v) is 4.90. The van der Waals surface area contributed by atoms with E-state index in [-0.39, 0.29) is 5.56 Å². The molecule has 0 aliphatic rings. The third-order valence-electron chi connectivity index (χ3n) is 3.09. The maximum atomic E-state index is 12.0. The van der Waals surface area contributed by atoms with Gasteiger partial charge in [-0.3, -0.25) is 9.59 Å². The molecular weight excluding hydrogens is 234 g/mol. The molecule has 0 atom stereocenters. The first-order valence-electron chi connectivity index (χ1n) is 5.68. The van der Waals surface area contributed by atoms with Crippen LogP contribution in [0.25, 0.3) is 5.52 Å². The minimum absolute atomic E-state index is 0.156. The molecule has 0 bridgehead atoms. The molecule has 0 aliphatic heterocycles. The zero-order valence-corrected chi connectivity index (χ0v) is 10.3. The number of fused-ring (bicyclic) bond motifs is 1. The topological polar surface area (TPSA) is 76.6 Å². The fourth-order valence-corrected chi connectivity index (χ4v) is 1.64. The highest BCUT2D eigenvalue weighted by Gasteiger charge is 2.26. The fourth-order valence-electron chi connectivity index (χ4n) is 1.64. The summed E-state index contributed by atoms with van der Waals surface area (Å²) >= 11 is 0. The predicted molar refractivity (Wildman–Crippen MR) is 65.5 cm³/mol. The summed E-state index contributed by atoms with van der Waals surface area (Å²) < 4.78 is 3.02. The summed E-state index contributed by atoms with van der Waals surface area (Å²) in [7, 11) is 0. The highest BCUT2D eigenvalue weighted by molar-refractivity contribution is 5.73. The summed E-state index contributed by atoms with van der Waals surface area (Å²) in [5.74, 6) is -0.860. The molecule has 6 nitrogen and oxygen atoms in total. The van der Waals surface area contributed by atoms with Crippen LogP contribution in [0.4, 0.5) is 0 Å². The number of aromatic nitrogens is 3. The Morgan fingerprint density at radius 2 is 2.17 bits per heavy atom. The Bertz CT molecular complexity index is 639. The molecule has 0 aromatic carbocycles. The van der Waals surface area contributed by atoms with Gasteiger partial charge in [0.1, 0.15) is 5.52 Å². The first-order valence-corrected chi connectivity index (χ1v) is 5.68. The second-order valence-electron chi connectivity index (χ2n) is 4.90. The van der Waals surface area contributed by atoms with Gasteiger partial charge in [0.25, 0.3) is 5.56 Å². The number of carboxylic acids is 1. The average molecular weight is 249 g/mol. The molecule has 2 aromatic heterocycles. The molecule has 18 heavy (non-hydrogen) atoms. The van der Waals surface area contributed by atoms with E-state index in [2.05, 4.69) is 5.10 Å². The Morgan fingerprint density at radius 1 is 1.44 bits per heavy atom. The number of rotatable bonds is 4. The molecule has 1 N–H and O–H groups in total. The lowest BCUT2D eigenvalue weighted by Gasteiger charge is -2.19. The van der Waals surface area contributed by atoms with Crippen molar-refractivity contribution in [3.8, 4) is 0 Å². The number of aryl methyl sites for hydroxylation is 1. The van der Waals surface area contributed by atoms with Gasteiger partial charge >= 0.3 is 5.97 Å². The quantitative estimate of drug-likeness (QED) is 0.876. The predicted octanol–water partition coefficient (Wildman–Crippen LogP) is 0.997. The molecular formula is C12H15N3O3. The van der Waals surface area contributed by atoms with Crippen LogP contribution < -0.4 is 5.56 Å². The van der Waals surface area contributed by atoms with Gasteiger partial charge in [0.05, 0.1) is 11.6 Å². The van der Waals surface area contributed by atoms with E-state index in [4.69, 9.17) is 5.11 Å². The summed E-state index contributed by atoms with van der Waals surface area (Å²) in [6.45, 7) is 3.68. The highest BCUT2D eigenvalue weighted by atomic mass is 16.4. The molecule has 2 aromatic rings. The van der Waals surface area contributed by atoms with Crippen molar-refractivity contribution in [2.75, 3.05) is 0 Å². The zero-order valence-electron chi connectivity index (χ0n) is 10.3. The van der Waals surface area contributed by atoms with E-state index in [1.54, 1.807) is 38.5 Å². The summed E-state index contributed by atoms with van der Waals surface area (Å²) in [4.78, 5) is 23.0. The molecule has 2 rings (SSSR count). The Kier molecular flexibility index (Phi) is 2.94. The van der Waals surface area contributed by atoms with Gasteiger partial charge in [-0.2, -0.15) is 5.10 Å². The van der Waals surface area contributed by atoms with Gasteiger partial charge in [0.2, 0.25) is 0 Å². The Morgan fingerprint density at radius 3 is 2.83 bits per heavy atom. The van der Waals surface area contributed by atoms with E-state index in [0.29, 0.717) is 18.5 Å². The number of carbonyl (C=O) groups is 1. The van der Waals surface area contributed by atoms with Crippen LogP contribution in [0, 0.1) is 5.41 Å². The minimum atomic E-state index is -0.860. The van der Waals surface area contributed by atoms with Gasteiger partial charge in [-0.1, -0.05) is 0 Å². The Labute approximate surface area is 103 Å². The Hall–Kier alpha value is -2.11. The van der Waals surface area contributed by atoms with E-state index in [9.17, 15) is 9.59 Å². The maximum Gasteiger partial charge on any atom is 0.309 e. The van der Waals surface area contributed by atoms with Crippen molar-refractivity contribution in [1.82, 2.24) is 14.2 Å². The van der Waals surface area contributed by atoms with Crippen molar-refractivity contribution in [3.63, 3.8) is 0 Å². The number of nitrogens with zero attached hydrogens (tertiary/aromatic N) is 3. The molecule has 6 heteroatoms. The number of aliphatic carboxylic acids is 1.